The Balaban J connectivity index is 1.71. The van der Waals surface area contributed by atoms with Gasteiger partial charge in [-0.3, -0.25) is 0 Å². The lowest BCUT2D eigenvalue weighted by Crippen LogP contribution is -2.78. The van der Waals surface area contributed by atoms with Crippen molar-refractivity contribution in [2.45, 2.75) is 19.6 Å². The monoisotopic (exact) mass is 452 g/mol. The first-order chi connectivity index (χ1) is 15.4. The molecule has 8 heteroatoms. The molecule has 0 spiro atoms. The molecule has 4 aromatic rings. The summed E-state index contributed by atoms with van der Waals surface area (Å²) in [6.07, 6.45) is 0. The third-order valence-electron chi connectivity index (χ3n) is 7.02. The molecule has 3 heterocycles. The van der Waals surface area contributed by atoms with Crippen LogP contribution in [0.1, 0.15) is 0 Å². The number of hydrogen-bond acceptors (Lipinski definition) is 4. The summed E-state index contributed by atoms with van der Waals surface area (Å²) in [6, 6.07) is 25.0. The zero-order chi connectivity index (χ0) is 21.8. The SMILES string of the molecule is O=S1(=O)c2ccccc2B2c3cccc4c3B(c3ccccc3S4(=O)=O)c3cccc1c32. The van der Waals surface area contributed by atoms with Gasteiger partial charge in [-0.2, -0.15) is 0 Å². The second kappa shape index (κ2) is 5.82. The van der Waals surface area contributed by atoms with Gasteiger partial charge in [-0.25, -0.2) is 16.8 Å². The van der Waals surface area contributed by atoms with Crippen molar-refractivity contribution in [2.24, 2.45) is 0 Å². The lowest BCUT2D eigenvalue weighted by Gasteiger charge is -2.39. The van der Waals surface area contributed by atoms with Crippen LogP contribution in [0.15, 0.2) is 105 Å². The van der Waals surface area contributed by atoms with Crippen LogP contribution in [0.25, 0.3) is 0 Å². The molecular weight excluding hydrogens is 438 g/mol. The Morgan fingerprint density at radius 2 is 0.750 bits per heavy atom. The third kappa shape index (κ3) is 2.01. The summed E-state index contributed by atoms with van der Waals surface area (Å²) in [5.41, 5.74) is 4.69. The van der Waals surface area contributed by atoms with E-state index in [1.165, 1.54) is 0 Å². The Hall–Kier alpha value is -3.09. The van der Waals surface area contributed by atoms with E-state index in [1.807, 2.05) is 36.4 Å². The molecule has 7 rings (SSSR count). The van der Waals surface area contributed by atoms with Crippen LogP contribution in [-0.2, 0) is 19.7 Å². The van der Waals surface area contributed by atoms with Crippen LogP contribution in [0, 0.1) is 0 Å². The summed E-state index contributed by atoms with van der Waals surface area (Å²) < 4.78 is 54.3. The first-order valence-electron chi connectivity index (χ1n) is 10.4. The average molecular weight is 452 g/mol. The Kier molecular flexibility index (Phi) is 3.36. The Labute approximate surface area is 186 Å². The molecule has 0 saturated heterocycles. The largest absolute Gasteiger partial charge is 0.243 e. The van der Waals surface area contributed by atoms with Crippen LogP contribution in [0.4, 0.5) is 0 Å². The van der Waals surface area contributed by atoms with Crippen molar-refractivity contribution in [3.63, 3.8) is 0 Å². The molecule has 0 atom stereocenters. The van der Waals surface area contributed by atoms with E-state index in [9.17, 15) is 16.8 Å². The van der Waals surface area contributed by atoms with Crippen LogP contribution >= 0.6 is 0 Å². The highest BCUT2D eigenvalue weighted by atomic mass is 32.2. The summed E-state index contributed by atoms with van der Waals surface area (Å²) >= 11 is 0. The van der Waals surface area contributed by atoms with Crippen LogP contribution in [0.3, 0.4) is 0 Å². The van der Waals surface area contributed by atoms with Gasteiger partial charge < -0.3 is 0 Å². The van der Waals surface area contributed by atoms with E-state index in [4.69, 9.17) is 0 Å². The van der Waals surface area contributed by atoms with Gasteiger partial charge in [0, 0.05) is 0 Å². The fourth-order valence-electron chi connectivity index (χ4n) is 5.83. The number of fused-ring (bicyclic) bond motifs is 6. The van der Waals surface area contributed by atoms with Crippen molar-refractivity contribution in [1.29, 1.82) is 0 Å². The number of benzene rings is 4. The minimum absolute atomic E-state index is 0.296. The van der Waals surface area contributed by atoms with Crippen molar-refractivity contribution in [3.8, 4) is 0 Å². The van der Waals surface area contributed by atoms with E-state index < -0.39 is 19.7 Å². The molecule has 0 aromatic heterocycles. The van der Waals surface area contributed by atoms with Crippen molar-refractivity contribution < 1.29 is 16.8 Å². The maximum absolute atomic E-state index is 13.6. The molecule has 0 unspecified atom stereocenters. The van der Waals surface area contributed by atoms with Crippen LogP contribution < -0.4 is 32.8 Å². The molecule has 4 aromatic carbocycles. The highest BCUT2D eigenvalue weighted by Gasteiger charge is 2.50. The minimum atomic E-state index is -3.68. The summed E-state index contributed by atoms with van der Waals surface area (Å²) in [5, 5.41) is 0. The molecular formula is C24H14B2O4S2. The third-order valence-corrected chi connectivity index (χ3v) is 10.8. The van der Waals surface area contributed by atoms with Crippen molar-refractivity contribution in [1.82, 2.24) is 0 Å². The van der Waals surface area contributed by atoms with Crippen LogP contribution in [-0.4, -0.2) is 30.3 Å². The summed E-state index contributed by atoms with van der Waals surface area (Å²) in [5.74, 6) is 0. The van der Waals surface area contributed by atoms with Gasteiger partial charge in [-0.05, 0) is 35.2 Å². The lowest BCUT2D eigenvalue weighted by molar-refractivity contribution is 0.595. The Morgan fingerprint density at radius 3 is 1.19 bits per heavy atom. The summed E-state index contributed by atoms with van der Waals surface area (Å²) in [4.78, 5) is 1.23. The van der Waals surface area contributed by atoms with E-state index >= 15 is 0 Å². The Bertz CT molecular complexity index is 1600. The van der Waals surface area contributed by atoms with E-state index in [0.717, 1.165) is 21.9 Å². The van der Waals surface area contributed by atoms with Crippen molar-refractivity contribution in [3.05, 3.63) is 84.9 Å². The maximum Gasteiger partial charge on any atom is 0.243 e. The van der Waals surface area contributed by atoms with Gasteiger partial charge in [-0.1, -0.05) is 82.5 Å². The van der Waals surface area contributed by atoms with Crippen molar-refractivity contribution >= 4 is 65.9 Å². The predicted octanol–water partition coefficient (Wildman–Crippen LogP) is -0.675. The normalized spacial score (nSPS) is 17.6. The molecule has 0 aliphatic carbocycles. The van der Waals surface area contributed by atoms with Gasteiger partial charge in [0.2, 0.25) is 33.1 Å². The maximum atomic E-state index is 13.6. The van der Waals surface area contributed by atoms with Gasteiger partial charge in [0.15, 0.2) is 0 Å². The van der Waals surface area contributed by atoms with Crippen LogP contribution in [0.5, 0.6) is 0 Å². The molecule has 152 valence electrons. The first kappa shape index (κ1) is 18.5. The molecule has 0 radical (unpaired) electrons. The van der Waals surface area contributed by atoms with Gasteiger partial charge in [0.05, 0.1) is 19.6 Å². The molecule has 4 nitrogen and oxygen atoms in total. The minimum Gasteiger partial charge on any atom is -0.219 e. The standard InChI is InChI=1S/C24H14B2O4S2/c27-31(28)19-11-3-1-7-15(19)25-17-9-5-14-22-24(17)26(18-10-6-13-21(31)23(18)25)16-8-2-4-12-20(16)32(22,29)30/h1-14H. The van der Waals surface area contributed by atoms with E-state index in [2.05, 4.69) is 0 Å². The zero-order valence-corrected chi connectivity index (χ0v) is 18.3. The van der Waals surface area contributed by atoms with Gasteiger partial charge >= 0.3 is 0 Å². The lowest BCUT2D eigenvalue weighted by atomic mass is 9.21. The molecule has 0 fully saturated rings. The van der Waals surface area contributed by atoms with E-state index in [-0.39, 0.29) is 13.4 Å². The average Bonchev–Trinajstić information content (AvgIpc) is 2.80. The molecule has 0 saturated carbocycles. The van der Waals surface area contributed by atoms with E-state index in [1.54, 1.807) is 48.5 Å². The first-order valence-corrected chi connectivity index (χ1v) is 13.3. The number of hydrogen-bond donors (Lipinski definition) is 0. The molecule has 0 amide bonds. The van der Waals surface area contributed by atoms with Gasteiger partial charge in [-0.15, -0.1) is 0 Å². The molecule has 3 aliphatic heterocycles. The fraction of sp³-hybridized carbons (Fsp3) is 0. The quantitative estimate of drug-likeness (QED) is 0.287. The topological polar surface area (TPSA) is 68.3 Å². The fourth-order valence-corrected chi connectivity index (χ4v) is 9.38. The second-order valence-corrected chi connectivity index (χ2v) is 12.2. The summed E-state index contributed by atoms with van der Waals surface area (Å²) in [6.45, 7) is -0.653. The van der Waals surface area contributed by atoms with Gasteiger partial charge in [0.1, 0.15) is 0 Å². The highest BCUT2D eigenvalue weighted by molar-refractivity contribution is 7.92. The molecule has 0 N–H and O–H groups in total. The zero-order valence-electron chi connectivity index (χ0n) is 16.7. The summed E-state index contributed by atoms with van der Waals surface area (Å²) in [7, 11) is -7.36. The smallest absolute Gasteiger partial charge is 0.219 e. The van der Waals surface area contributed by atoms with E-state index in [0.29, 0.717) is 30.5 Å². The number of sulfone groups is 2. The van der Waals surface area contributed by atoms with Gasteiger partial charge in [0.25, 0.3) is 0 Å². The Morgan fingerprint density at radius 1 is 0.406 bits per heavy atom. The molecule has 3 aliphatic rings. The number of rotatable bonds is 0. The molecule has 32 heavy (non-hydrogen) atoms. The second-order valence-electron chi connectivity index (χ2n) is 8.47. The van der Waals surface area contributed by atoms with Crippen molar-refractivity contribution in [2.75, 3.05) is 0 Å². The predicted molar refractivity (Wildman–Crippen MR) is 126 cm³/mol. The van der Waals surface area contributed by atoms with Crippen LogP contribution in [0.2, 0.25) is 0 Å². The highest BCUT2D eigenvalue weighted by Crippen LogP contribution is 2.28. The molecule has 0 bridgehead atoms.